The Hall–Kier alpha value is 0.230. The molecule has 2 saturated heterocycles. The monoisotopic (exact) mass is 271 g/mol. The Labute approximate surface area is 117 Å². The summed E-state index contributed by atoms with van der Waals surface area (Å²) in [7, 11) is 0. The van der Waals surface area contributed by atoms with E-state index in [1.165, 1.54) is 44.9 Å². The normalized spacial score (nSPS) is 28.5. The summed E-state index contributed by atoms with van der Waals surface area (Å²) in [6.07, 6.45) is 1.31. The van der Waals surface area contributed by atoms with Crippen molar-refractivity contribution in [1.29, 1.82) is 0 Å². The van der Waals surface area contributed by atoms with Crippen LogP contribution < -0.4 is 5.32 Å². The average molecular weight is 271 g/mol. The molecular weight excluding hydrogens is 242 g/mol. The van der Waals surface area contributed by atoms with Gasteiger partial charge in [0.1, 0.15) is 0 Å². The van der Waals surface area contributed by atoms with Crippen molar-refractivity contribution in [1.82, 2.24) is 15.1 Å². The summed E-state index contributed by atoms with van der Waals surface area (Å²) in [4.78, 5) is 5.35. The Bertz CT molecular complexity index is 251. The van der Waals surface area contributed by atoms with E-state index in [-0.39, 0.29) is 0 Å². The number of hydrogen-bond donors (Lipinski definition) is 1. The van der Waals surface area contributed by atoms with E-state index in [1.807, 2.05) is 0 Å². The summed E-state index contributed by atoms with van der Waals surface area (Å²) in [6, 6.07) is 0. The molecule has 0 bridgehead atoms. The molecule has 1 atom stereocenters. The van der Waals surface area contributed by atoms with Crippen molar-refractivity contribution in [3.63, 3.8) is 0 Å². The quantitative estimate of drug-likeness (QED) is 0.835. The molecule has 0 aromatic rings. The van der Waals surface area contributed by atoms with Crippen LogP contribution in [0.2, 0.25) is 0 Å². The topological polar surface area (TPSA) is 18.5 Å². The fourth-order valence-electron chi connectivity index (χ4n) is 3.09. The molecule has 2 heterocycles. The van der Waals surface area contributed by atoms with Gasteiger partial charge in [-0.15, -0.1) is 0 Å². The van der Waals surface area contributed by atoms with Gasteiger partial charge in [0.25, 0.3) is 0 Å². The van der Waals surface area contributed by atoms with Crippen LogP contribution in [0.5, 0.6) is 0 Å². The molecule has 0 saturated carbocycles. The summed E-state index contributed by atoms with van der Waals surface area (Å²) < 4.78 is 0. The lowest BCUT2D eigenvalue weighted by Crippen LogP contribution is -2.58. The molecule has 2 rings (SSSR count). The first-order chi connectivity index (χ1) is 8.62. The molecule has 0 aliphatic carbocycles. The largest absolute Gasteiger partial charge is 0.314 e. The molecule has 0 amide bonds. The lowest BCUT2D eigenvalue weighted by atomic mass is 10.0. The van der Waals surface area contributed by atoms with Gasteiger partial charge in [0.15, 0.2) is 0 Å². The molecule has 2 aliphatic rings. The van der Waals surface area contributed by atoms with E-state index in [0.29, 0.717) is 5.54 Å². The van der Waals surface area contributed by atoms with E-state index in [0.717, 1.165) is 18.3 Å². The van der Waals surface area contributed by atoms with E-state index >= 15 is 0 Å². The molecule has 0 radical (unpaired) electrons. The Morgan fingerprint density at radius 1 is 1.22 bits per heavy atom. The van der Waals surface area contributed by atoms with Crippen LogP contribution in [0.15, 0.2) is 0 Å². The van der Waals surface area contributed by atoms with Crippen molar-refractivity contribution in [2.75, 3.05) is 51.6 Å². The molecule has 1 unspecified atom stereocenters. The van der Waals surface area contributed by atoms with Gasteiger partial charge in [-0.25, -0.2) is 0 Å². The summed E-state index contributed by atoms with van der Waals surface area (Å²) in [6.45, 7) is 15.6. The van der Waals surface area contributed by atoms with E-state index in [9.17, 15) is 0 Å². The van der Waals surface area contributed by atoms with Crippen LogP contribution in [0.1, 0.15) is 27.2 Å². The molecule has 0 aromatic heterocycles. The Morgan fingerprint density at radius 3 is 2.61 bits per heavy atom. The third-order valence-corrected chi connectivity index (χ3v) is 5.63. The van der Waals surface area contributed by atoms with Gasteiger partial charge in [0, 0.05) is 62.4 Å². The fourth-order valence-corrected chi connectivity index (χ4v) is 4.34. The van der Waals surface area contributed by atoms with Gasteiger partial charge in [0.2, 0.25) is 0 Å². The van der Waals surface area contributed by atoms with E-state index in [1.54, 1.807) is 0 Å². The second kappa shape index (κ2) is 6.60. The van der Waals surface area contributed by atoms with Crippen molar-refractivity contribution >= 4 is 11.8 Å². The molecule has 0 aromatic carbocycles. The number of nitrogens with one attached hydrogen (secondary N) is 1. The SMILES string of the molecule is CCC1CN(CC(C)(C)N2CCNCC2)CCS1. The second-order valence-corrected chi connectivity index (χ2v) is 7.59. The molecule has 2 aliphatic heterocycles. The Morgan fingerprint density at radius 2 is 1.94 bits per heavy atom. The Balaban J connectivity index is 1.86. The summed E-state index contributed by atoms with van der Waals surface area (Å²) >= 11 is 2.16. The van der Waals surface area contributed by atoms with Gasteiger partial charge in [0.05, 0.1) is 0 Å². The molecular formula is C14H29N3S. The highest BCUT2D eigenvalue weighted by atomic mass is 32.2. The second-order valence-electron chi connectivity index (χ2n) is 6.19. The molecule has 0 spiro atoms. The van der Waals surface area contributed by atoms with Crippen LogP contribution in [0, 0.1) is 0 Å². The Kier molecular flexibility index (Phi) is 5.36. The first-order valence-corrected chi connectivity index (χ1v) is 8.46. The van der Waals surface area contributed by atoms with E-state index < -0.39 is 0 Å². The maximum absolute atomic E-state index is 3.45. The van der Waals surface area contributed by atoms with Crippen LogP contribution >= 0.6 is 11.8 Å². The fraction of sp³-hybridized carbons (Fsp3) is 1.00. The minimum Gasteiger partial charge on any atom is -0.314 e. The lowest BCUT2D eigenvalue weighted by Gasteiger charge is -2.45. The highest BCUT2D eigenvalue weighted by Gasteiger charge is 2.31. The zero-order chi connectivity index (χ0) is 13.0. The number of thioether (sulfide) groups is 1. The first-order valence-electron chi connectivity index (χ1n) is 7.41. The lowest BCUT2D eigenvalue weighted by molar-refractivity contribution is 0.0641. The summed E-state index contributed by atoms with van der Waals surface area (Å²) in [5.74, 6) is 1.32. The maximum atomic E-state index is 3.45. The van der Waals surface area contributed by atoms with Crippen LogP contribution in [0.25, 0.3) is 0 Å². The molecule has 2 fully saturated rings. The molecule has 106 valence electrons. The molecule has 1 N–H and O–H groups in total. The zero-order valence-corrected chi connectivity index (χ0v) is 13.1. The van der Waals surface area contributed by atoms with Crippen LogP contribution in [-0.2, 0) is 0 Å². The standard InChI is InChI=1S/C14H29N3S/c1-4-13-11-16(9-10-18-13)12-14(2,3)17-7-5-15-6-8-17/h13,15H,4-12H2,1-3H3. The van der Waals surface area contributed by atoms with Crippen molar-refractivity contribution in [2.24, 2.45) is 0 Å². The number of nitrogens with zero attached hydrogens (tertiary/aromatic N) is 2. The number of rotatable bonds is 4. The third kappa shape index (κ3) is 3.86. The maximum Gasteiger partial charge on any atom is 0.0281 e. The smallest absolute Gasteiger partial charge is 0.0281 e. The predicted octanol–water partition coefficient (Wildman–Crippen LogP) is 1.50. The van der Waals surface area contributed by atoms with Crippen molar-refractivity contribution in [3.8, 4) is 0 Å². The van der Waals surface area contributed by atoms with E-state index in [2.05, 4.69) is 47.6 Å². The van der Waals surface area contributed by atoms with Gasteiger partial charge in [-0.2, -0.15) is 11.8 Å². The van der Waals surface area contributed by atoms with Crippen molar-refractivity contribution < 1.29 is 0 Å². The van der Waals surface area contributed by atoms with Crippen molar-refractivity contribution in [3.05, 3.63) is 0 Å². The van der Waals surface area contributed by atoms with Crippen molar-refractivity contribution in [2.45, 2.75) is 38.0 Å². The highest BCUT2D eigenvalue weighted by Crippen LogP contribution is 2.24. The van der Waals surface area contributed by atoms with Crippen LogP contribution in [-0.4, -0.2) is 72.2 Å². The van der Waals surface area contributed by atoms with Gasteiger partial charge >= 0.3 is 0 Å². The summed E-state index contributed by atoms with van der Waals surface area (Å²) in [5.41, 5.74) is 0.322. The van der Waals surface area contributed by atoms with Gasteiger partial charge in [-0.1, -0.05) is 6.92 Å². The molecule has 18 heavy (non-hydrogen) atoms. The van der Waals surface area contributed by atoms with Gasteiger partial charge < -0.3 is 5.32 Å². The zero-order valence-electron chi connectivity index (χ0n) is 12.2. The number of hydrogen-bond acceptors (Lipinski definition) is 4. The van der Waals surface area contributed by atoms with E-state index in [4.69, 9.17) is 0 Å². The van der Waals surface area contributed by atoms with Gasteiger partial charge in [-0.3, -0.25) is 9.80 Å². The van der Waals surface area contributed by atoms with Gasteiger partial charge in [-0.05, 0) is 20.3 Å². The van der Waals surface area contributed by atoms with Crippen LogP contribution in [0.4, 0.5) is 0 Å². The van der Waals surface area contributed by atoms with Crippen LogP contribution in [0.3, 0.4) is 0 Å². The highest BCUT2D eigenvalue weighted by molar-refractivity contribution is 8.00. The minimum absolute atomic E-state index is 0.322. The molecule has 4 heteroatoms. The average Bonchev–Trinajstić information content (AvgIpc) is 2.39. The molecule has 3 nitrogen and oxygen atoms in total. The predicted molar refractivity (Wildman–Crippen MR) is 81.5 cm³/mol. The number of piperazine rings is 1. The summed E-state index contributed by atoms with van der Waals surface area (Å²) in [5, 5.41) is 4.31. The third-order valence-electron chi connectivity index (χ3n) is 4.26. The first kappa shape index (κ1) is 14.6. The minimum atomic E-state index is 0.322.